The smallest absolute Gasteiger partial charge is 0.338 e. The van der Waals surface area contributed by atoms with E-state index in [0.717, 1.165) is 10.9 Å². The van der Waals surface area contributed by atoms with Crippen LogP contribution in [0, 0.1) is 0 Å². The van der Waals surface area contributed by atoms with E-state index in [1.807, 2.05) is 6.07 Å². The molecule has 0 spiro atoms. The van der Waals surface area contributed by atoms with Crippen molar-refractivity contribution < 1.29 is 14.3 Å². The minimum absolute atomic E-state index is 0.334. The van der Waals surface area contributed by atoms with E-state index in [4.69, 9.17) is 9.47 Å². The van der Waals surface area contributed by atoms with Crippen molar-refractivity contribution in [3.63, 3.8) is 0 Å². The molecule has 2 rings (SSSR count). The van der Waals surface area contributed by atoms with Crippen LogP contribution in [0.1, 0.15) is 22.8 Å². The number of hydrogen-bond acceptors (Lipinski definition) is 4. The maximum absolute atomic E-state index is 11.5. The average molecular weight is 336 g/mol. The quantitative estimate of drug-likeness (QED) is 0.613. The van der Waals surface area contributed by atoms with E-state index in [9.17, 15) is 4.79 Å². The standard InChI is InChI=1S/C15H14BrNO3/c1-2-19-15(18)12-4-6-13(7-5-12)20-14-8-3-11(9-16)10-17-14/h3-8,10H,2,9H2,1H3. The molecule has 4 nitrogen and oxygen atoms in total. The van der Waals surface area contributed by atoms with Gasteiger partial charge in [0.2, 0.25) is 5.88 Å². The first kappa shape index (κ1) is 14.5. The molecule has 0 bridgehead atoms. The molecule has 2 aromatic rings. The lowest BCUT2D eigenvalue weighted by Crippen LogP contribution is -2.04. The molecule has 1 aromatic carbocycles. The predicted octanol–water partition coefficient (Wildman–Crippen LogP) is 3.95. The molecule has 104 valence electrons. The van der Waals surface area contributed by atoms with Gasteiger partial charge in [-0.05, 0) is 36.8 Å². The van der Waals surface area contributed by atoms with Gasteiger partial charge in [0.05, 0.1) is 12.2 Å². The predicted molar refractivity (Wildman–Crippen MR) is 79.3 cm³/mol. The van der Waals surface area contributed by atoms with Gasteiger partial charge in [0, 0.05) is 17.6 Å². The minimum Gasteiger partial charge on any atom is -0.462 e. The molecule has 5 heteroatoms. The van der Waals surface area contributed by atoms with Crippen LogP contribution in [0.15, 0.2) is 42.6 Å². The van der Waals surface area contributed by atoms with Crippen molar-refractivity contribution in [1.29, 1.82) is 0 Å². The zero-order valence-electron chi connectivity index (χ0n) is 11.0. The molecule has 0 aliphatic rings. The summed E-state index contributed by atoms with van der Waals surface area (Å²) in [6, 6.07) is 10.5. The molecule has 0 unspecified atom stereocenters. The summed E-state index contributed by atoms with van der Waals surface area (Å²) in [4.78, 5) is 15.7. The summed E-state index contributed by atoms with van der Waals surface area (Å²) in [5.74, 6) is 0.801. The van der Waals surface area contributed by atoms with Crippen molar-refractivity contribution in [2.45, 2.75) is 12.3 Å². The highest BCUT2D eigenvalue weighted by Gasteiger charge is 2.06. The van der Waals surface area contributed by atoms with Crippen molar-refractivity contribution in [1.82, 2.24) is 4.98 Å². The first-order chi connectivity index (χ1) is 9.72. The molecule has 0 N–H and O–H groups in total. The van der Waals surface area contributed by atoms with E-state index in [1.54, 1.807) is 43.5 Å². The fourth-order valence-corrected chi connectivity index (χ4v) is 1.88. The second-order valence-corrected chi connectivity index (χ2v) is 4.55. The molecular weight excluding hydrogens is 322 g/mol. The fraction of sp³-hybridized carbons (Fsp3) is 0.200. The third-order valence-electron chi connectivity index (χ3n) is 2.54. The molecule has 20 heavy (non-hydrogen) atoms. The Morgan fingerprint density at radius 3 is 2.50 bits per heavy atom. The Hall–Kier alpha value is -1.88. The number of ether oxygens (including phenoxy) is 2. The molecule has 0 radical (unpaired) electrons. The van der Waals surface area contributed by atoms with Crippen molar-refractivity contribution in [3.05, 3.63) is 53.7 Å². The number of carbonyl (C=O) groups excluding carboxylic acids is 1. The summed E-state index contributed by atoms with van der Waals surface area (Å²) in [5, 5.41) is 0.758. The Balaban J connectivity index is 2.04. The van der Waals surface area contributed by atoms with E-state index >= 15 is 0 Å². The Morgan fingerprint density at radius 2 is 1.95 bits per heavy atom. The van der Waals surface area contributed by atoms with Gasteiger partial charge in [-0.25, -0.2) is 9.78 Å². The summed E-state index contributed by atoms with van der Waals surface area (Å²) in [6.45, 7) is 2.14. The van der Waals surface area contributed by atoms with E-state index in [-0.39, 0.29) is 5.97 Å². The summed E-state index contributed by atoms with van der Waals surface area (Å²) in [6.07, 6.45) is 1.75. The first-order valence-corrected chi connectivity index (χ1v) is 7.31. The van der Waals surface area contributed by atoms with Crippen LogP contribution in [0.5, 0.6) is 11.6 Å². The van der Waals surface area contributed by atoms with E-state index in [1.165, 1.54) is 0 Å². The number of rotatable bonds is 5. The van der Waals surface area contributed by atoms with Crippen LogP contribution >= 0.6 is 15.9 Å². The highest BCUT2D eigenvalue weighted by molar-refractivity contribution is 9.08. The van der Waals surface area contributed by atoms with Crippen LogP contribution in [0.2, 0.25) is 0 Å². The molecule has 0 fully saturated rings. The highest BCUT2D eigenvalue weighted by Crippen LogP contribution is 2.20. The number of pyridine rings is 1. The van der Waals surface area contributed by atoms with Crippen LogP contribution in [0.25, 0.3) is 0 Å². The fourth-order valence-electron chi connectivity index (χ4n) is 1.54. The van der Waals surface area contributed by atoms with Crippen LogP contribution in [-0.4, -0.2) is 17.6 Å². The molecule has 0 saturated heterocycles. The largest absolute Gasteiger partial charge is 0.462 e. The molecular formula is C15H14BrNO3. The minimum atomic E-state index is -0.334. The van der Waals surface area contributed by atoms with Crippen molar-refractivity contribution in [3.8, 4) is 11.6 Å². The third-order valence-corrected chi connectivity index (χ3v) is 3.19. The Kier molecular flexibility index (Phi) is 5.12. The maximum atomic E-state index is 11.5. The van der Waals surface area contributed by atoms with E-state index < -0.39 is 0 Å². The number of nitrogens with zero attached hydrogens (tertiary/aromatic N) is 1. The Morgan fingerprint density at radius 1 is 1.20 bits per heavy atom. The second kappa shape index (κ2) is 7.05. The van der Waals surface area contributed by atoms with Crippen LogP contribution in [-0.2, 0) is 10.1 Å². The van der Waals surface area contributed by atoms with Gasteiger partial charge in [0.25, 0.3) is 0 Å². The summed E-state index contributed by atoms with van der Waals surface area (Å²) in [7, 11) is 0. The first-order valence-electron chi connectivity index (χ1n) is 6.19. The molecule has 0 aliphatic heterocycles. The van der Waals surface area contributed by atoms with Gasteiger partial charge >= 0.3 is 5.97 Å². The Bertz CT molecular complexity index is 567. The lowest BCUT2D eigenvalue weighted by Gasteiger charge is -2.06. The van der Waals surface area contributed by atoms with E-state index in [2.05, 4.69) is 20.9 Å². The van der Waals surface area contributed by atoms with Gasteiger partial charge in [0.1, 0.15) is 5.75 Å². The number of carbonyl (C=O) groups is 1. The number of hydrogen-bond donors (Lipinski definition) is 0. The van der Waals surface area contributed by atoms with Gasteiger partial charge < -0.3 is 9.47 Å². The normalized spacial score (nSPS) is 10.1. The lowest BCUT2D eigenvalue weighted by atomic mass is 10.2. The number of benzene rings is 1. The number of alkyl halides is 1. The monoisotopic (exact) mass is 335 g/mol. The number of halogens is 1. The highest BCUT2D eigenvalue weighted by atomic mass is 79.9. The molecule has 1 heterocycles. The zero-order chi connectivity index (χ0) is 14.4. The van der Waals surface area contributed by atoms with Gasteiger partial charge in [0.15, 0.2) is 0 Å². The molecule has 0 saturated carbocycles. The van der Waals surface area contributed by atoms with Gasteiger partial charge in [-0.2, -0.15) is 0 Å². The molecule has 0 amide bonds. The molecule has 1 aromatic heterocycles. The van der Waals surface area contributed by atoms with Gasteiger partial charge in [-0.3, -0.25) is 0 Å². The van der Waals surface area contributed by atoms with Crippen LogP contribution < -0.4 is 4.74 Å². The number of esters is 1. The summed E-state index contributed by atoms with van der Waals surface area (Å²) < 4.78 is 10.5. The second-order valence-electron chi connectivity index (χ2n) is 3.99. The number of aromatic nitrogens is 1. The SMILES string of the molecule is CCOC(=O)c1ccc(Oc2ccc(CBr)cn2)cc1. The van der Waals surface area contributed by atoms with Crippen LogP contribution in [0.4, 0.5) is 0 Å². The summed E-state index contributed by atoms with van der Waals surface area (Å²) in [5.41, 5.74) is 1.58. The lowest BCUT2D eigenvalue weighted by molar-refractivity contribution is 0.0526. The topological polar surface area (TPSA) is 48.4 Å². The van der Waals surface area contributed by atoms with Crippen LogP contribution in [0.3, 0.4) is 0 Å². The van der Waals surface area contributed by atoms with Gasteiger partial charge in [-0.1, -0.05) is 22.0 Å². The zero-order valence-corrected chi connectivity index (χ0v) is 12.6. The van der Waals surface area contributed by atoms with Crippen molar-refractivity contribution >= 4 is 21.9 Å². The van der Waals surface area contributed by atoms with E-state index in [0.29, 0.717) is 23.8 Å². The third kappa shape index (κ3) is 3.81. The molecule has 0 aliphatic carbocycles. The van der Waals surface area contributed by atoms with Crippen molar-refractivity contribution in [2.24, 2.45) is 0 Å². The van der Waals surface area contributed by atoms with Crippen molar-refractivity contribution in [2.75, 3.05) is 6.61 Å². The maximum Gasteiger partial charge on any atom is 0.338 e. The average Bonchev–Trinajstić information content (AvgIpc) is 2.49. The Labute approximate surface area is 125 Å². The summed E-state index contributed by atoms with van der Waals surface area (Å²) >= 11 is 3.36. The molecule has 0 atom stereocenters. The van der Waals surface area contributed by atoms with Gasteiger partial charge in [-0.15, -0.1) is 0 Å².